The van der Waals surface area contributed by atoms with Crippen LogP contribution < -0.4 is 10.4 Å². The third kappa shape index (κ3) is 3.91. The second-order valence-corrected chi connectivity index (χ2v) is 5.70. The zero-order valence-corrected chi connectivity index (χ0v) is 13.7. The molecule has 0 aromatic heterocycles. The van der Waals surface area contributed by atoms with E-state index in [0.29, 0.717) is 6.61 Å². The minimum atomic E-state index is -0.124. The summed E-state index contributed by atoms with van der Waals surface area (Å²) in [6.07, 6.45) is 0.813. The molecule has 2 aromatic carbocycles. The maximum atomic E-state index is 5.88. The van der Waals surface area contributed by atoms with E-state index in [0.717, 1.165) is 17.8 Å². The van der Waals surface area contributed by atoms with Gasteiger partial charge >= 0.3 is 0 Å². The zero-order chi connectivity index (χ0) is 16.1. The molecule has 0 aliphatic carbocycles. The lowest BCUT2D eigenvalue weighted by molar-refractivity contribution is -0.126. The molecule has 0 spiro atoms. The van der Waals surface area contributed by atoms with Gasteiger partial charge in [-0.05, 0) is 38.1 Å². The summed E-state index contributed by atoms with van der Waals surface area (Å²) in [4.78, 5) is 0. The number of para-hydroxylation sites is 2. The Morgan fingerprint density at radius 3 is 2.13 bits per heavy atom. The van der Waals surface area contributed by atoms with Gasteiger partial charge in [-0.15, -0.1) is 0 Å². The van der Waals surface area contributed by atoms with E-state index in [-0.39, 0.29) is 18.4 Å². The fraction of sp³-hybridized carbons (Fsp3) is 0.368. The standard InChI is InChI=1S/C19H24N2O2/c1-3-22-19-14-18(15(2)23-19)20-21(16-10-6-4-7-11-16)17-12-8-5-9-13-17/h4-13,15,18-20H,3,14H2,1-2H3/t15-,18-,19+/m0/s1. The van der Waals surface area contributed by atoms with Crippen LogP contribution >= 0.6 is 0 Å². The van der Waals surface area contributed by atoms with Crippen LogP contribution in [0.3, 0.4) is 0 Å². The topological polar surface area (TPSA) is 33.7 Å². The molecule has 1 aliphatic rings. The molecule has 1 heterocycles. The van der Waals surface area contributed by atoms with Gasteiger partial charge in [-0.25, -0.2) is 5.43 Å². The van der Waals surface area contributed by atoms with E-state index in [1.165, 1.54) is 0 Å². The molecule has 0 amide bonds. The molecule has 1 aliphatic heterocycles. The monoisotopic (exact) mass is 312 g/mol. The van der Waals surface area contributed by atoms with E-state index in [2.05, 4.69) is 41.6 Å². The van der Waals surface area contributed by atoms with Crippen molar-refractivity contribution in [1.29, 1.82) is 0 Å². The summed E-state index contributed by atoms with van der Waals surface area (Å²) in [5.74, 6) is 0. The first-order valence-corrected chi connectivity index (χ1v) is 8.21. The van der Waals surface area contributed by atoms with Crippen LogP contribution in [-0.4, -0.2) is 25.0 Å². The fourth-order valence-electron chi connectivity index (χ4n) is 2.86. The predicted molar refractivity (Wildman–Crippen MR) is 92.5 cm³/mol. The average Bonchev–Trinajstić information content (AvgIpc) is 2.94. The van der Waals surface area contributed by atoms with E-state index >= 15 is 0 Å². The van der Waals surface area contributed by atoms with Crippen LogP contribution in [0.25, 0.3) is 0 Å². The summed E-state index contributed by atoms with van der Waals surface area (Å²) in [6, 6.07) is 20.8. The normalized spacial score (nSPS) is 23.8. The van der Waals surface area contributed by atoms with Gasteiger partial charge in [0.2, 0.25) is 0 Å². The summed E-state index contributed by atoms with van der Waals surface area (Å²) < 4.78 is 11.5. The molecule has 3 rings (SSSR count). The zero-order valence-electron chi connectivity index (χ0n) is 13.7. The van der Waals surface area contributed by atoms with Crippen molar-refractivity contribution in [3.05, 3.63) is 60.7 Å². The highest BCUT2D eigenvalue weighted by atomic mass is 16.7. The summed E-state index contributed by atoms with van der Waals surface area (Å²) in [5, 5.41) is 2.12. The Labute approximate surface area is 138 Å². The molecule has 3 atom stereocenters. The number of nitrogens with one attached hydrogen (secondary N) is 1. The van der Waals surface area contributed by atoms with E-state index in [1.807, 2.05) is 43.3 Å². The van der Waals surface area contributed by atoms with E-state index < -0.39 is 0 Å². The number of anilines is 2. The first-order chi connectivity index (χ1) is 11.3. The predicted octanol–water partition coefficient (Wildman–Crippen LogP) is 3.87. The molecule has 2 aromatic rings. The smallest absolute Gasteiger partial charge is 0.159 e. The van der Waals surface area contributed by atoms with Crippen LogP contribution in [0.4, 0.5) is 11.4 Å². The molecule has 0 bridgehead atoms. The van der Waals surface area contributed by atoms with Crippen LogP contribution in [-0.2, 0) is 9.47 Å². The second kappa shape index (κ2) is 7.59. The van der Waals surface area contributed by atoms with Gasteiger partial charge in [0.15, 0.2) is 6.29 Å². The van der Waals surface area contributed by atoms with Crippen LogP contribution in [0.15, 0.2) is 60.7 Å². The average molecular weight is 312 g/mol. The minimum Gasteiger partial charge on any atom is -0.353 e. The van der Waals surface area contributed by atoms with Crippen LogP contribution in [0.1, 0.15) is 20.3 Å². The van der Waals surface area contributed by atoms with Gasteiger partial charge in [-0.1, -0.05) is 36.4 Å². The highest BCUT2D eigenvalue weighted by Gasteiger charge is 2.34. The molecule has 0 radical (unpaired) electrons. The van der Waals surface area contributed by atoms with Crippen molar-refractivity contribution < 1.29 is 9.47 Å². The van der Waals surface area contributed by atoms with Crippen LogP contribution in [0.5, 0.6) is 0 Å². The van der Waals surface area contributed by atoms with E-state index in [9.17, 15) is 0 Å². The Morgan fingerprint density at radius 1 is 1.04 bits per heavy atom. The lowest BCUT2D eigenvalue weighted by atomic mass is 10.1. The Bertz CT molecular complexity index is 551. The highest BCUT2D eigenvalue weighted by molar-refractivity contribution is 5.61. The number of hydrazine groups is 1. The van der Waals surface area contributed by atoms with E-state index in [1.54, 1.807) is 0 Å². The molecule has 4 nitrogen and oxygen atoms in total. The lowest BCUT2D eigenvalue weighted by Crippen LogP contribution is -2.45. The molecule has 0 saturated carbocycles. The largest absolute Gasteiger partial charge is 0.353 e. The van der Waals surface area contributed by atoms with Gasteiger partial charge in [-0.2, -0.15) is 0 Å². The molecular weight excluding hydrogens is 288 g/mol. The summed E-state index contributed by atoms with van der Waals surface area (Å²) in [5.41, 5.74) is 5.82. The van der Waals surface area contributed by atoms with Crippen molar-refractivity contribution in [3.8, 4) is 0 Å². The van der Waals surface area contributed by atoms with Gasteiger partial charge in [0.05, 0.1) is 23.5 Å². The maximum absolute atomic E-state index is 5.88. The molecule has 1 saturated heterocycles. The van der Waals surface area contributed by atoms with Crippen molar-refractivity contribution in [2.24, 2.45) is 0 Å². The molecule has 4 heteroatoms. The van der Waals surface area contributed by atoms with Crippen LogP contribution in [0.2, 0.25) is 0 Å². The Balaban J connectivity index is 1.80. The summed E-state index contributed by atoms with van der Waals surface area (Å²) >= 11 is 0. The van der Waals surface area contributed by atoms with Crippen molar-refractivity contribution in [3.63, 3.8) is 0 Å². The number of ether oxygens (including phenoxy) is 2. The van der Waals surface area contributed by atoms with Crippen molar-refractivity contribution in [2.75, 3.05) is 11.6 Å². The molecule has 1 N–H and O–H groups in total. The van der Waals surface area contributed by atoms with Crippen LogP contribution in [0, 0.1) is 0 Å². The number of benzene rings is 2. The fourth-order valence-corrected chi connectivity index (χ4v) is 2.86. The molecule has 0 unspecified atom stereocenters. The van der Waals surface area contributed by atoms with Gasteiger partial charge in [0.25, 0.3) is 0 Å². The molecule has 1 fully saturated rings. The van der Waals surface area contributed by atoms with E-state index in [4.69, 9.17) is 9.47 Å². The molecule has 122 valence electrons. The summed E-state index contributed by atoms with van der Waals surface area (Å²) in [6.45, 7) is 4.76. The number of hydrogen-bond acceptors (Lipinski definition) is 4. The Kier molecular flexibility index (Phi) is 5.28. The molecule has 23 heavy (non-hydrogen) atoms. The number of hydrogen-bond donors (Lipinski definition) is 1. The minimum absolute atomic E-state index is 0.0986. The van der Waals surface area contributed by atoms with Gasteiger partial charge < -0.3 is 9.47 Å². The third-order valence-corrected chi connectivity index (χ3v) is 4.06. The maximum Gasteiger partial charge on any atom is 0.159 e. The number of rotatable bonds is 6. The third-order valence-electron chi connectivity index (χ3n) is 4.06. The Morgan fingerprint density at radius 2 is 1.61 bits per heavy atom. The van der Waals surface area contributed by atoms with Crippen molar-refractivity contribution in [2.45, 2.75) is 38.7 Å². The number of nitrogens with zero attached hydrogens (tertiary/aromatic N) is 1. The van der Waals surface area contributed by atoms with Gasteiger partial charge in [-0.3, -0.25) is 5.01 Å². The quantitative estimate of drug-likeness (QED) is 0.821. The van der Waals surface area contributed by atoms with Gasteiger partial charge in [0.1, 0.15) is 0 Å². The first-order valence-electron chi connectivity index (χ1n) is 8.21. The SMILES string of the molecule is CCO[C@H]1C[C@H](NN(c2ccccc2)c2ccccc2)[C@H](C)O1. The highest BCUT2D eigenvalue weighted by Crippen LogP contribution is 2.27. The lowest BCUT2D eigenvalue weighted by Gasteiger charge is -2.30. The summed E-state index contributed by atoms with van der Waals surface area (Å²) in [7, 11) is 0. The second-order valence-electron chi connectivity index (χ2n) is 5.70. The Hall–Kier alpha value is -1.88. The van der Waals surface area contributed by atoms with Crippen molar-refractivity contribution >= 4 is 11.4 Å². The van der Waals surface area contributed by atoms with Crippen molar-refractivity contribution in [1.82, 2.24) is 5.43 Å². The first kappa shape index (κ1) is 16.0. The van der Waals surface area contributed by atoms with Gasteiger partial charge in [0, 0.05) is 13.0 Å². The molecular formula is C19H24N2O2.